The summed E-state index contributed by atoms with van der Waals surface area (Å²) in [5.74, 6) is 0.964. The Hall–Kier alpha value is -4.24. The molecule has 1 aromatic carbocycles. The van der Waals surface area contributed by atoms with E-state index in [1.165, 1.54) is 21.3 Å². The molecule has 0 aliphatic rings. The van der Waals surface area contributed by atoms with Crippen LogP contribution in [0.2, 0.25) is 0 Å². The number of hydrogen-bond donors (Lipinski definition) is 3. The molecule has 0 aliphatic heterocycles. The number of nitro groups is 1. The molecule has 39 heavy (non-hydrogen) atoms. The Balaban J connectivity index is 1.76. The minimum Gasteiger partial charge on any atom is -0.392 e. The van der Waals surface area contributed by atoms with Crippen LogP contribution in [0.1, 0.15) is 43.9 Å². The number of nitrogens with one attached hydrogen (secondary N) is 2. The van der Waals surface area contributed by atoms with Gasteiger partial charge in [0.15, 0.2) is 17.0 Å². The summed E-state index contributed by atoms with van der Waals surface area (Å²) in [6.45, 7) is 5.48. The quantitative estimate of drug-likeness (QED) is 0.114. The highest BCUT2D eigenvalue weighted by atomic mass is 16.6. The number of aromatic amines is 1. The fourth-order valence-corrected chi connectivity index (χ4v) is 4.37. The Morgan fingerprint density at radius 1 is 1.10 bits per heavy atom. The fourth-order valence-electron chi connectivity index (χ4n) is 4.37. The van der Waals surface area contributed by atoms with Crippen molar-refractivity contribution in [2.75, 3.05) is 13.1 Å². The highest BCUT2D eigenvalue weighted by Gasteiger charge is 2.22. The van der Waals surface area contributed by atoms with Gasteiger partial charge < -0.3 is 15.0 Å². The first-order valence-corrected chi connectivity index (χ1v) is 12.9. The molecule has 1 atom stereocenters. The number of tetrazole rings is 1. The van der Waals surface area contributed by atoms with Crippen molar-refractivity contribution < 1.29 is 10.0 Å². The average Bonchev–Trinajstić information content (AvgIpc) is 3.57. The van der Waals surface area contributed by atoms with Crippen LogP contribution >= 0.6 is 0 Å². The van der Waals surface area contributed by atoms with E-state index in [2.05, 4.69) is 25.9 Å². The van der Waals surface area contributed by atoms with Gasteiger partial charge in [0.2, 0.25) is 0 Å². The van der Waals surface area contributed by atoms with E-state index in [4.69, 9.17) is 4.98 Å². The van der Waals surface area contributed by atoms with Gasteiger partial charge in [0.05, 0.1) is 17.4 Å². The minimum absolute atomic E-state index is 0.0137. The number of benzene rings is 1. The summed E-state index contributed by atoms with van der Waals surface area (Å²) in [4.78, 5) is 42.3. The number of rotatable bonds is 14. The summed E-state index contributed by atoms with van der Waals surface area (Å²) in [6.07, 6.45) is 1.35. The average molecular weight is 541 g/mol. The lowest BCUT2D eigenvalue weighted by molar-refractivity contribution is -0.384. The van der Waals surface area contributed by atoms with Gasteiger partial charge in [-0.25, -0.2) is 14.9 Å². The molecule has 208 valence electrons. The minimum atomic E-state index is -0.476. The second-order valence-corrected chi connectivity index (χ2v) is 9.21. The molecule has 3 aromatic heterocycles. The van der Waals surface area contributed by atoms with E-state index in [1.807, 2.05) is 13.8 Å². The van der Waals surface area contributed by atoms with Crippen LogP contribution in [-0.4, -0.2) is 68.5 Å². The van der Waals surface area contributed by atoms with Gasteiger partial charge in [0.1, 0.15) is 5.82 Å². The first-order valence-electron chi connectivity index (χ1n) is 12.9. The van der Waals surface area contributed by atoms with Gasteiger partial charge in [0, 0.05) is 44.9 Å². The predicted molar refractivity (Wildman–Crippen MR) is 141 cm³/mol. The number of aliphatic hydroxyl groups excluding tert-OH is 1. The van der Waals surface area contributed by atoms with Crippen molar-refractivity contribution in [3.8, 4) is 0 Å². The summed E-state index contributed by atoms with van der Waals surface area (Å²) < 4.78 is 4.49. The number of imidazole rings is 1. The lowest BCUT2D eigenvalue weighted by Crippen LogP contribution is -2.41. The van der Waals surface area contributed by atoms with Crippen molar-refractivity contribution in [1.29, 1.82) is 0 Å². The molecule has 4 rings (SSSR count). The summed E-state index contributed by atoms with van der Waals surface area (Å²) in [7, 11) is 0. The maximum atomic E-state index is 13.6. The molecule has 15 heteroatoms. The highest BCUT2D eigenvalue weighted by molar-refractivity contribution is 5.71. The van der Waals surface area contributed by atoms with Crippen molar-refractivity contribution in [3.63, 3.8) is 0 Å². The number of H-pyrrole nitrogens is 1. The summed E-state index contributed by atoms with van der Waals surface area (Å²) in [6, 6.07) is 6.15. The van der Waals surface area contributed by atoms with Crippen molar-refractivity contribution in [2.24, 2.45) is 0 Å². The number of fused-ring (bicyclic) bond motifs is 1. The Morgan fingerprint density at radius 3 is 2.51 bits per heavy atom. The zero-order valence-corrected chi connectivity index (χ0v) is 21.9. The Morgan fingerprint density at radius 2 is 1.87 bits per heavy atom. The van der Waals surface area contributed by atoms with Crippen LogP contribution in [0.3, 0.4) is 0 Å². The lowest BCUT2D eigenvalue weighted by atomic mass is 10.1. The van der Waals surface area contributed by atoms with Gasteiger partial charge in [-0.15, -0.1) is 5.10 Å². The molecule has 4 aromatic rings. The molecule has 0 saturated carbocycles. The molecule has 0 saturated heterocycles. The van der Waals surface area contributed by atoms with Gasteiger partial charge in [-0.2, -0.15) is 0 Å². The molecule has 1 unspecified atom stereocenters. The number of nitro benzene ring substituents is 1. The van der Waals surface area contributed by atoms with Crippen LogP contribution in [0.5, 0.6) is 0 Å². The summed E-state index contributed by atoms with van der Waals surface area (Å²) in [5, 5.41) is 37.9. The first-order chi connectivity index (χ1) is 18.8. The standard InChI is InChI=1S/C24H32N10O5/c1-3-11-33-23(36)21-22(32(24(33)37)12-9-16-5-7-17(8-6-16)34(38)39)26-20(14-19-27-29-30-28-19)31(21)13-10-25-15-18(35)4-2/h5-8,18,25,35H,3-4,9-15H2,1-2H3,(H,27,28,29,30). The third-order valence-corrected chi connectivity index (χ3v) is 6.49. The van der Waals surface area contributed by atoms with Crippen LogP contribution in [0.4, 0.5) is 5.69 Å². The Bertz CT molecular complexity index is 1520. The zero-order valence-electron chi connectivity index (χ0n) is 21.9. The zero-order chi connectivity index (χ0) is 27.9. The number of hydrogen-bond acceptors (Lipinski definition) is 10. The molecule has 15 nitrogen and oxygen atoms in total. The molecule has 0 aliphatic carbocycles. The maximum Gasteiger partial charge on any atom is 0.332 e. The third kappa shape index (κ3) is 6.26. The van der Waals surface area contributed by atoms with Crippen molar-refractivity contribution in [3.05, 3.63) is 72.4 Å². The van der Waals surface area contributed by atoms with Crippen LogP contribution in [0.15, 0.2) is 33.9 Å². The highest BCUT2D eigenvalue weighted by Crippen LogP contribution is 2.16. The molecule has 0 amide bonds. The topological polar surface area (TPSA) is 192 Å². The second-order valence-electron chi connectivity index (χ2n) is 9.21. The summed E-state index contributed by atoms with van der Waals surface area (Å²) >= 11 is 0. The third-order valence-electron chi connectivity index (χ3n) is 6.49. The molecule has 0 fully saturated rings. The van der Waals surface area contributed by atoms with E-state index in [-0.39, 0.29) is 30.8 Å². The lowest BCUT2D eigenvalue weighted by Gasteiger charge is -2.14. The van der Waals surface area contributed by atoms with E-state index in [9.17, 15) is 24.8 Å². The summed E-state index contributed by atoms with van der Waals surface area (Å²) in [5.41, 5.74) is 0.465. The number of nitrogens with zero attached hydrogens (tertiary/aromatic N) is 8. The monoisotopic (exact) mass is 540 g/mol. The van der Waals surface area contributed by atoms with Gasteiger partial charge in [0.25, 0.3) is 11.2 Å². The SMILES string of the molecule is CCCn1c(=O)c2c(nc(Cc3nnn[nH]3)n2CCNCC(O)CC)n(CCc2ccc([N+](=O)[O-])cc2)c1=O. The number of aryl methyl sites for hydroxylation is 2. The Labute approximate surface area is 222 Å². The van der Waals surface area contributed by atoms with Crippen molar-refractivity contribution >= 4 is 16.9 Å². The van der Waals surface area contributed by atoms with Crippen LogP contribution in [-0.2, 0) is 32.5 Å². The number of aliphatic hydroxyl groups is 1. The van der Waals surface area contributed by atoms with Gasteiger partial charge in [-0.05, 0) is 35.3 Å². The molecular weight excluding hydrogens is 508 g/mol. The number of non-ortho nitro benzene ring substituents is 1. The molecule has 0 radical (unpaired) electrons. The van der Waals surface area contributed by atoms with Crippen LogP contribution in [0.25, 0.3) is 11.2 Å². The van der Waals surface area contributed by atoms with Crippen molar-refractivity contribution in [2.45, 2.75) is 65.3 Å². The molecular formula is C24H32N10O5. The number of aromatic nitrogens is 8. The van der Waals surface area contributed by atoms with Gasteiger partial charge >= 0.3 is 5.69 Å². The second kappa shape index (κ2) is 12.5. The smallest absolute Gasteiger partial charge is 0.332 e. The molecule has 0 bridgehead atoms. The first kappa shape index (κ1) is 27.8. The molecule has 0 spiro atoms. The van der Waals surface area contributed by atoms with Crippen LogP contribution < -0.4 is 16.6 Å². The normalized spacial score (nSPS) is 12.3. The van der Waals surface area contributed by atoms with Gasteiger partial charge in [-0.1, -0.05) is 26.0 Å². The van der Waals surface area contributed by atoms with Gasteiger partial charge in [-0.3, -0.25) is 24.0 Å². The maximum absolute atomic E-state index is 13.6. The van der Waals surface area contributed by atoms with E-state index in [0.717, 1.165) is 5.56 Å². The van der Waals surface area contributed by atoms with Crippen LogP contribution in [0, 0.1) is 10.1 Å². The van der Waals surface area contributed by atoms with E-state index < -0.39 is 22.3 Å². The Kier molecular flexibility index (Phi) is 8.93. The molecule has 3 N–H and O–H groups in total. The van der Waals surface area contributed by atoms with Crippen molar-refractivity contribution in [1.82, 2.24) is 44.6 Å². The van der Waals surface area contributed by atoms with E-state index in [1.54, 1.807) is 16.7 Å². The largest absolute Gasteiger partial charge is 0.392 e. The van der Waals surface area contributed by atoms with E-state index in [0.29, 0.717) is 56.1 Å². The van der Waals surface area contributed by atoms with E-state index >= 15 is 0 Å². The fraction of sp³-hybridized carbons (Fsp3) is 0.500. The predicted octanol–water partition coefficient (Wildman–Crippen LogP) is 0.385. The molecule has 3 heterocycles.